The third-order valence-corrected chi connectivity index (χ3v) is 4.89. The lowest BCUT2D eigenvalue weighted by Crippen LogP contribution is -2.27. The van der Waals surface area contributed by atoms with Gasteiger partial charge < -0.3 is 14.8 Å². The van der Waals surface area contributed by atoms with Crippen molar-refractivity contribution < 1.29 is 19.1 Å². The van der Waals surface area contributed by atoms with Crippen LogP contribution in [0, 0.1) is 11.8 Å². The Morgan fingerprint density at radius 1 is 1.12 bits per heavy atom. The molecule has 1 amide bonds. The minimum atomic E-state index is -0.424. The summed E-state index contributed by atoms with van der Waals surface area (Å²) in [5.41, 5.74) is 0.753. The van der Waals surface area contributed by atoms with Crippen LogP contribution in [-0.2, 0) is 14.3 Å². The second-order valence-corrected chi connectivity index (χ2v) is 6.74. The number of esters is 1. The van der Waals surface area contributed by atoms with Gasteiger partial charge in [0.1, 0.15) is 5.75 Å². The van der Waals surface area contributed by atoms with Crippen LogP contribution in [0.25, 0.3) is 0 Å². The van der Waals surface area contributed by atoms with Crippen LogP contribution >= 0.6 is 0 Å². The maximum Gasteiger partial charge on any atom is 0.343 e. The number of benzene rings is 1. The van der Waals surface area contributed by atoms with Crippen LogP contribution in [0.15, 0.2) is 24.3 Å². The standard InChI is InChI=1S/C20H29NO4/c1-3-4-5-15-6-8-16(9-7-15)20(23)21-17-10-12-18(13-11-17)25-14-19(22)24-2/h10-13,15-16H,3-9,14H2,1-2H3,(H,21,23). The van der Waals surface area contributed by atoms with E-state index in [-0.39, 0.29) is 18.4 Å². The van der Waals surface area contributed by atoms with Gasteiger partial charge >= 0.3 is 5.97 Å². The molecule has 25 heavy (non-hydrogen) atoms. The fraction of sp³-hybridized carbons (Fsp3) is 0.600. The van der Waals surface area contributed by atoms with Crippen molar-refractivity contribution in [3.8, 4) is 5.75 Å². The molecule has 1 aromatic carbocycles. The summed E-state index contributed by atoms with van der Waals surface area (Å²) in [6.07, 6.45) is 8.15. The molecule has 0 aliphatic heterocycles. The summed E-state index contributed by atoms with van der Waals surface area (Å²) in [5.74, 6) is 1.17. The molecule has 0 radical (unpaired) electrons. The average molecular weight is 347 g/mol. The lowest BCUT2D eigenvalue weighted by molar-refractivity contribution is -0.142. The summed E-state index contributed by atoms with van der Waals surface area (Å²) >= 11 is 0. The summed E-state index contributed by atoms with van der Waals surface area (Å²) in [6, 6.07) is 7.05. The van der Waals surface area contributed by atoms with Crippen molar-refractivity contribution in [2.24, 2.45) is 11.8 Å². The largest absolute Gasteiger partial charge is 0.482 e. The highest BCUT2D eigenvalue weighted by Crippen LogP contribution is 2.32. The van der Waals surface area contributed by atoms with E-state index < -0.39 is 5.97 Å². The van der Waals surface area contributed by atoms with Gasteiger partial charge in [0.25, 0.3) is 0 Å². The van der Waals surface area contributed by atoms with E-state index in [4.69, 9.17) is 4.74 Å². The van der Waals surface area contributed by atoms with Gasteiger partial charge in [-0.05, 0) is 55.9 Å². The Bertz CT molecular complexity index is 547. The molecule has 5 nitrogen and oxygen atoms in total. The number of carbonyl (C=O) groups is 2. The van der Waals surface area contributed by atoms with E-state index in [1.54, 1.807) is 24.3 Å². The Hall–Kier alpha value is -2.04. The van der Waals surface area contributed by atoms with Gasteiger partial charge in [-0.1, -0.05) is 26.2 Å². The van der Waals surface area contributed by atoms with Crippen LogP contribution in [0.2, 0.25) is 0 Å². The Labute approximate surface area is 150 Å². The van der Waals surface area contributed by atoms with Gasteiger partial charge in [0.15, 0.2) is 6.61 Å². The van der Waals surface area contributed by atoms with E-state index in [1.165, 1.54) is 39.2 Å². The van der Waals surface area contributed by atoms with Crippen LogP contribution in [0.5, 0.6) is 5.75 Å². The van der Waals surface area contributed by atoms with E-state index in [2.05, 4.69) is 17.0 Å². The van der Waals surface area contributed by atoms with E-state index in [9.17, 15) is 9.59 Å². The van der Waals surface area contributed by atoms with Gasteiger partial charge in [-0.15, -0.1) is 0 Å². The number of anilines is 1. The van der Waals surface area contributed by atoms with Crippen LogP contribution in [-0.4, -0.2) is 25.6 Å². The normalized spacial score (nSPS) is 19.9. The van der Waals surface area contributed by atoms with Crippen molar-refractivity contribution in [3.05, 3.63) is 24.3 Å². The van der Waals surface area contributed by atoms with E-state index in [0.29, 0.717) is 5.75 Å². The number of hydrogen-bond acceptors (Lipinski definition) is 4. The lowest BCUT2D eigenvalue weighted by atomic mass is 9.79. The molecule has 138 valence electrons. The minimum Gasteiger partial charge on any atom is -0.482 e. The molecule has 1 aliphatic rings. The van der Waals surface area contributed by atoms with Crippen LogP contribution in [0.1, 0.15) is 51.9 Å². The molecule has 0 heterocycles. The van der Waals surface area contributed by atoms with Crippen LogP contribution in [0.4, 0.5) is 5.69 Å². The van der Waals surface area contributed by atoms with Crippen molar-refractivity contribution in [1.29, 1.82) is 0 Å². The maximum atomic E-state index is 12.4. The Balaban J connectivity index is 1.76. The monoisotopic (exact) mass is 347 g/mol. The number of nitrogens with one attached hydrogen (secondary N) is 1. The number of rotatable bonds is 8. The second-order valence-electron chi connectivity index (χ2n) is 6.74. The zero-order valence-electron chi connectivity index (χ0n) is 15.3. The zero-order chi connectivity index (χ0) is 18.1. The molecule has 1 N–H and O–H groups in total. The highest BCUT2D eigenvalue weighted by Gasteiger charge is 2.25. The number of ether oxygens (including phenoxy) is 2. The third-order valence-electron chi connectivity index (χ3n) is 4.89. The van der Waals surface area contributed by atoms with Crippen LogP contribution in [0.3, 0.4) is 0 Å². The zero-order valence-corrected chi connectivity index (χ0v) is 15.3. The SMILES string of the molecule is CCCCC1CCC(C(=O)Nc2ccc(OCC(=O)OC)cc2)CC1. The van der Waals surface area contributed by atoms with E-state index in [0.717, 1.165) is 24.4 Å². The fourth-order valence-corrected chi connectivity index (χ4v) is 3.29. The lowest BCUT2D eigenvalue weighted by Gasteiger charge is -2.27. The van der Waals surface area contributed by atoms with E-state index >= 15 is 0 Å². The summed E-state index contributed by atoms with van der Waals surface area (Å²) in [6.45, 7) is 2.11. The first-order chi connectivity index (χ1) is 12.1. The Morgan fingerprint density at radius 2 is 1.80 bits per heavy atom. The molecule has 5 heteroatoms. The minimum absolute atomic E-state index is 0.108. The molecule has 0 bridgehead atoms. The van der Waals surface area contributed by atoms with Crippen molar-refractivity contribution in [2.75, 3.05) is 19.0 Å². The maximum absolute atomic E-state index is 12.4. The predicted molar refractivity (Wildman–Crippen MR) is 97.6 cm³/mol. The molecule has 1 saturated carbocycles. The molecule has 1 fully saturated rings. The highest BCUT2D eigenvalue weighted by atomic mass is 16.6. The summed E-state index contributed by atoms with van der Waals surface area (Å²) < 4.78 is 9.82. The molecule has 0 unspecified atom stereocenters. The molecule has 0 atom stereocenters. The fourth-order valence-electron chi connectivity index (χ4n) is 3.29. The molecular formula is C20H29NO4. The second kappa shape index (κ2) is 10.1. The topological polar surface area (TPSA) is 64.6 Å². The molecule has 0 aromatic heterocycles. The number of carbonyl (C=O) groups excluding carboxylic acids is 2. The van der Waals surface area contributed by atoms with Gasteiger partial charge in [0.2, 0.25) is 5.91 Å². The van der Waals surface area contributed by atoms with Gasteiger partial charge in [0.05, 0.1) is 7.11 Å². The van der Waals surface area contributed by atoms with Gasteiger partial charge in [-0.25, -0.2) is 4.79 Å². The summed E-state index contributed by atoms with van der Waals surface area (Å²) in [5, 5.41) is 2.99. The van der Waals surface area contributed by atoms with Crippen molar-refractivity contribution in [3.63, 3.8) is 0 Å². The summed E-state index contributed by atoms with van der Waals surface area (Å²) in [4.78, 5) is 23.5. The van der Waals surface area contributed by atoms with Gasteiger partial charge in [-0.3, -0.25) is 4.79 Å². The smallest absolute Gasteiger partial charge is 0.343 e. The highest BCUT2D eigenvalue weighted by molar-refractivity contribution is 5.92. The quantitative estimate of drug-likeness (QED) is 0.717. The number of hydrogen-bond donors (Lipinski definition) is 1. The van der Waals surface area contributed by atoms with E-state index in [1.807, 2.05) is 0 Å². The first-order valence-corrected chi connectivity index (χ1v) is 9.23. The molecule has 1 aromatic rings. The van der Waals surface area contributed by atoms with Crippen molar-refractivity contribution >= 4 is 17.6 Å². The van der Waals surface area contributed by atoms with Gasteiger partial charge in [-0.2, -0.15) is 0 Å². The van der Waals surface area contributed by atoms with Crippen LogP contribution < -0.4 is 10.1 Å². The predicted octanol–water partition coefficient (Wildman–Crippen LogP) is 4.17. The Morgan fingerprint density at radius 3 is 2.40 bits per heavy atom. The average Bonchev–Trinajstić information content (AvgIpc) is 2.65. The van der Waals surface area contributed by atoms with Crippen molar-refractivity contribution in [1.82, 2.24) is 0 Å². The number of methoxy groups -OCH3 is 1. The summed E-state index contributed by atoms with van der Waals surface area (Å²) in [7, 11) is 1.32. The van der Waals surface area contributed by atoms with Gasteiger partial charge in [0, 0.05) is 11.6 Å². The van der Waals surface area contributed by atoms with Crippen molar-refractivity contribution in [2.45, 2.75) is 51.9 Å². The third kappa shape index (κ3) is 6.40. The number of unbranched alkanes of at least 4 members (excludes halogenated alkanes) is 1. The number of amides is 1. The first-order valence-electron chi connectivity index (χ1n) is 9.23. The Kier molecular flexibility index (Phi) is 7.76. The molecule has 1 aliphatic carbocycles. The molecule has 0 saturated heterocycles. The molecule has 2 rings (SSSR count). The molecule has 0 spiro atoms. The molecular weight excluding hydrogens is 318 g/mol. The first kappa shape index (κ1) is 19.3.